The van der Waals surface area contributed by atoms with Crippen molar-refractivity contribution in [1.82, 2.24) is 4.72 Å². The van der Waals surface area contributed by atoms with E-state index in [-0.39, 0.29) is 16.4 Å². The van der Waals surface area contributed by atoms with Gasteiger partial charge in [-0.2, -0.15) is 0 Å². The van der Waals surface area contributed by atoms with Gasteiger partial charge in [-0.1, -0.05) is 20.8 Å². The van der Waals surface area contributed by atoms with Crippen LogP contribution in [0.25, 0.3) is 0 Å². The molecule has 21 heavy (non-hydrogen) atoms. The van der Waals surface area contributed by atoms with Gasteiger partial charge in [0.15, 0.2) is 4.90 Å². The third-order valence-electron chi connectivity index (χ3n) is 3.37. The lowest BCUT2D eigenvalue weighted by molar-refractivity contribution is -0.387. The normalized spacial score (nSPS) is 13.8. The molecule has 0 radical (unpaired) electrons. The van der Waals surface area contributed by atoms with Crippen molar-refractivity contribution >= 4 is 21.4 Å². The molecule has 7 nitrogen and oxygen atoms in total. The Morgan fingerprint density at radius 1 is 1.29 bits per heavy atom. The molecule has 0 saturated carbocycles. The third kappa shape index (κ3) is 4.15. The summed E-state index contributed by atoms with van der Waals surface area (Å²) in [5.41, 5.74) is -0.255. The van der Waals surface area contributed by atoms with E-state index in [1.165, 1.54) is 18.2 Å². The topological polar surface area (TPSA) is 101 Å². The first-order chi connectivity index (χ1) is 9.49. The second-order valence-corrected chi connectivity index (χ2v) is 7.58. The standard InChI is InChI=1S/C13H21N3O4S/c1-9(13(2,3)4)15-21(19,20)12-8-10(14-5)6-7-11(12)16(17)18/h6-9,14-15H,1-5H3. The molecular formula is C13H21N3O4S. The predicted octanol–water partition coefficient (Wildman–Crippen LogP) is 2.35. The van der Waals surface area contributed by atoms with Crippen molar-refractivity contribution in [3.63, 3.8) is 0 Å². The van der Waals surface area contributed by atoms with E-state index in [2.05, 4.69) is 10.0 Å². The molecule has 118 valence electrons. The molecule has 0 aliphatic heterocycles. The second-order valence-electron chi connectivity index (χ2n) is 5.90. The number of nitro groups is 1. The van der Waals surface area contributed by atoms with Crippen LogP contribution in [0.5, 0.6) is 0 Å². The molecular weight excluding hydrogens is 294 g/mol. The lowest BCUT2D eigenvalue weighted by atomic mass is 9.89. The highest BCUT2D eigenvalue weighted by molar-refractivity contribution is 7.89. The van der Waals surface area contributed by atoms with Gasteiger partial charge in [0.2, 0.25) is 10.0 Å². The Bertz CT molecular complexity index is 635. The van der Waals surface area contributed by atoms with Crippen LogP contribution in [0.2, 0.25) is 0 Å². The van der Waals surface area contributed by atoms with Gasteiger partial charge in [-0.3, -0.25) is 10.1 Å². The lowest BCUT2D eigenvalue weighted by Crippen LogP contribution is -2.41. The number of nitrogens with zero attached hydrogens (tertiary/aromatic N) is 1. The van der Waals surface area contributed by atoms with Crippen LogP contribution in [0.1, 0.15) is 27.7 Å². The molecule has 0 fully saturated rings. The average molecular weight is 315 g/mol. The minimum atomic E-state index is -3.98. The molecule has 1 unspecified atom stereocenters. The Labute approximate surface area is 124 Å². The molecule has 0 heterocycles. The van der Waals surface area contributed by atoms with Crippen molar-refractivity contribution in [2.45, 2.75) is 38.6 Å². The fourth-order valence-corrected chi connectivity index (χ4v) is 3.15. The number of hydrogen-bond donors (Lipinski definition) is 2. The largest absolute Gasteiger partial charge is 0.388 e. The summed E-state index contributed by atoms with van der Waals surface area (Å²) in [5.74, 6) is 0. The fourth-order valence-electron chi connectivity index (χ4n) is 1.51. The van der Waals surface area contributed by atoms with Crippen molar-refractivity contribution in [2.75, 3.05) is 12.4 Å². The van der Waals surface area contributed by atoms with Crippen molar-refractivity contribution in [1.29, 1.82) is 0 Å². The van der Waals surface area contributed by atoms with E-state index in [4.69, 9.17) is 0 Å². The van der Waals surface area contributed by atoms with E-state index in [1.807, 2.05) is 20.8 Å². The molecule has 1 aromatic rings. The predicted molar refractivity (Wildman–Crippen MR) is 81.9 cm³/mol. The highest BCUT2D eigenvalue weighted by Gasteiger charge is 2.31. The van der Waals surface area contributed by atoms with Gasteiger partial charge in [0, 0.05) is 24.8 Å². The summed E-state index contributed by atoms with van der Waals surface area (Å²) in [4.78, 5) is 10.0. The number of benzene rings is 1. The molecule has 8 heteroatoms. The molecule has 1 rings (SSSR count). The van der Waals surface area contributed by atoms with Gasteiger partial charge < -0.3 is 5.32 Å². The summed E-state index contributed by atoms with van der Waals surface area (Å²) in [6, 6.07) is 3.53. The maximum Gasteiger partial charge on any atom is 0.289 e. The van der Waals surface area contributed by atoms with E-state index in [0.29, 0.717) is 5.69 Å². The van der Waals surface area contributed by atoms with Crippen LogP contribution < -0.4 is 10.0 Å². The zero-order chi connectivity index (χ0) is 16.4. The van der Waals surface area contributed by atoms with Crippen molar-refractivity contribution in [3.05, 3.63) is 28.3 Å². The number of anilines is 1. The van der Waals surface area contributed by atoms with Gasteiger partial charge in [-0.05, 0) is 24.5 Å². The Morgan fingerprint density at radius 3 is 2.29 bits per heavy atom. The van der Waals surface area contributed by atoms with Crippen LogP contribution in [0.15, 0.2) is 23.1 Å². The lowest BCUT2D eigenvalue weighted by Gasteiger charge is -2.27. The Balaban J connectivity index is 3.33. The minimum absolute atomic E-state index is 0.303. The van der Waals surface area contributed by atoms with Gasteiger partial charge in [0.05, 0.1) is 4.92 Å². The minimum Gasteiger partial charge on any atom is -0.388 e. The quantitative estimate of drug-likeness (QED) is 0.641. The van der Waals surface area contributed by atoms with Gasteiger partial charge >= 0.3 is 0 Å². The van der Waals surface area contributed by atoms with Crippen molar-refractivity contribution in [3.8, 4) is 0 Å². The van der Waals surface area contributed by atoms with Crippen molar-refractivity contribution < 1.29 is 13.3 Å². The number of nitro benzene ring substituents is 1. The van der Waals surface area contributed by atoms with Gasteiger partial charge in [0.1, 0.15) is 0 Å². The molecule has 0 amide bonds. The molecule has 0 spiro atoms. The zero-order valence-electron chi connectivity index (χ0n) is 12.8. The van der Waals surface area contributed by atoms with Crippen molar-refractivity contribution in [2.24, 2.45) is 5.41 Å². The molecule has 1 atom stereocenters. The molecule has 2 N–H and O–H groups in total. The van der Waals surface area contributed by atoms with Crippen LogP contribution in [0.4, 0.5) is 11.4 Å². The summed E-state index contributed by atoms with van der Waals surface area (Å²) >= 11 is 0. The first-order valence-corrected chi connectivity index (χ1v) is 7.96. The number of rotatable bonds is 5. The Kier molecular flexibility index (Phi) is 4.95. The fraction of sp³-hybridized carbons (Fsp3) is 0.538. The van der Waals surface area contributed by atoms with Crippen LogP contribution in [0.3, 0.4) is 0 Å². The summed E-state index contributed by atoms with van der Waals surface area (Å²) in [6.45, 7) is 7.39. The van der Waals surface area contributed by atoms with Crippen LogP contribution in [-0.2, 0) is 10.0 Å². The highest BCUT2D eigenvalue weighted by atomic mass is 32.2. The molecule has 1 aromatic carbocycles. The smallest absolute Gasteiger partial charge is 0.289 e. The summed E-state index contributed by atoms with van der Waals surface area (Å²) in [5, 5.41) is 13.8. The zero-order valence-corrected chi connectivity index (χ0v) is 13.6. The Hall–Kier alpha value is -1.67. The van der Waals surface area contributed by atoms with E-state index < -0.39 is 20.6 Å². The van der Waals surface area contributed by atoms with E-state index in [0.717, 1.165) is 0 Å². The average Bonchev–Trinajstić information content (AvgIpc) is 2.36. The number of nitrogens with one attached hydrogen (secondary N) is 2. The van der Waals surface area contributed by atoms with Crippen LogP contribution >= 0.6 is 0 Å². The molecule has 0 aliphatic carbocycles. The van der Waals surface area contributed by atoms with Gasteiger partial charge in [0.25, 0.3) is 5.69 Å². The summed E-state index contributed by atoms with van der Waals surface area (Å²) in [6.07, 6.45) is 0. The first kappa shape index (κ1) is 17.4. The third-order valence-corrected chi connectivity index (χ3v) is 4.94. The monoisotopic (exact) mass is 315 g/mol. The molecule has 0 aliphatic rings. The molecule has 0 aromatic heterocycles. The van der Waals surface area contributed by atoms with Crippen LogP contribution in [-0.4, -0.2) is 26.4 Å². The number of hydrogen-bond acceptors (Lipinski definition) is 5. The molecule has 0 saturated heterocycles. The second kappa shape index (κ2) is 5.98. The maximum atomic E-state index is 12.4. The van der Waals surface area contributed by atoms with Gasteiger partial charge in [-0.25, -0.2) is 13.1 Å². The summed E-state index contributed by atoms with van der Waals surface area (Å²) < 4.78 is 27.4. The SMILES string of the molecule is CNc1ccc([N+](=O)[O-])c(S(=O)(=O)NC(C)C(C)(C)C)c1. The van der Waals surface area contributed by atoms with Gasteiger partial charge in [-0.15, -0.1) is 0 Å². The first-order valence-electron chi connectivity index (χ1n) is 6.47. The van der Waals surface area contributed by atoms with E-state index in [9.17, 15) is 18.5 Å². The number of sulfonamides is 1. The molecule has 0 bridgehead atoms. The Morgan fingerprint density at radius 2 is 1.86 bits per heavy atom. The summed E-state index contributed by atoms with van der Waals surface area (Å²) in [7, 11) is -2.37. The highest BCUT2D eigenvalue weighted by Crippen LogP contribution is 2.28. The van der Waals surface area contributed by atoms with Crippen LogP contribution in [0, 0.1) is 15.5 Å². The van der Waals surface area contributed by atoms with E-state index in [1.54, 1.807) is 14.0 Å². The maximum absolute atomic E-state index is 12.4. The van der Waals surface area contributed by atoms with E-state index >= 15 is 0 Å².